The summed E-state index contributed by atoms with van der Waals surface area (Å²) in [5.41, 5.74) is 1.09. The molecule has 0 N–H and O–H groups in total. The number of piperidine rings is 2. The second kappa shape index (κ2) is 10.1. The van der Waals surface area contributed by atoms with E-state index in [0.717, 1.165) is 24.8 Å². The Morgan fingerprint density at radius 1 is 1.03 bits per heavy atom. The molecule has 0 spiro atoms. The summed E-state index contributed by atoms with van der Waals surface area (Å²) >= 11 is 0. The van der Waals surface area contributed by atoms with Gasteiger partial charge in [-0.05, 0) is 62.6 Å². The van der Waals surface area contributed by atoms with Gasteiger partial charge in [0.2, 0.25) is 10.0 Å². The van der Waals surface area contributed by atoms with Crippen LogP contribution in [-0.4, -0.2) is 61.8 Å². The van der Waals surface area contributed by atoms with Crippen LogP contribution in [0.2, 0.25) is 0 Å². The highest BCUT2D eigenvalue weighted by Crippen LogP contribution is 2.26. The van der Waals surface area contributed by atoms with Gasteiger partial charge in [-0.15, -0.1) is 0 Å². The molecular formula is C23H34N2O5S. The maximum Gasteiger partial charge on any atom is 0.309 e. The van der Waals surface area contributed by atoms with Crippen molar-refractivity contribution in [1.29, 1.82) is 0 Å². The Morgan fingerprint density at radius 3 is 2.26 bits per heavy atom. The van der Waals surface area contributed by atoms with Crippen LogP contribution in [-0.2, 0) is 24.3 Å². The molecule has 3 rings (SSSR count). The molecule has 0 bridgehead atoms. The third-order valence-corrected chi connectivity index (χ3v) is 8.35. The van der Waals surface area contributed by atoms with Gasteiger partial charge in [-0.2, -0.15) is 4.31 Å². The zero-order chi connectivity index (χ0) is 22.6. The van der Waals surface area contributed by atoms with E-state index in [-0.39, 0.29) is 42.5 Å². The Labute approximate surface area is 185 Å². The number of amides is 1. The molecule has 2 heterocycles. The van der Waals surface area contributed by atoms with Crippen molar-refractivity contribution in [3.05, 3.63) is 29.8 Å². The summed E-state index contributed by atoms with van der Waals surface area (Å²) in [5, 5.41) is 0. The minimum absolute atomic E-state index is 0.148. The van der Waals surface area contributed by atoms with Crippen LogP contribution in [0, 0.1) is 5.92 Å². The van der Waals surface area contributed by atoms with E-state index in [9.17, 15) is 18.0 Å². The van der Waals surface area contributed by atoms with Crippen LogP contribution in [0.3, 0.4) is 0 Å². The lowest BCUT2D eigenvalue weighted by Crippen LogP contribution is -2.45. The Bertz CT molecular complexity index is 874. The Balaban J connectivity index is 1.50. The molecule has 0 radical (unpaired) electrons. The summed E-state index contributed by atoms with van der Waals surface area (Å²) < 4.78 is 32.6. The topological polar surface area (TPSA) is 84.0 Å². The van der Waals surface area contributed by atoms with E-state index < -0.39 is 16.0 Å². The largest absolute Gasteiger partial charge is 0.455 e. The van der Waals surface area contributed by atoms with Gasteiger partial charge in [0.15, 0.2) is 6.61 Å². The third-order valence-electron chi connectivity index (χ3n) is 6.43. The predicted molar refractivity (Wildman–Crippen MR) is 118 cm³/mol. The normalized spacial score (nSPS) is 21.3. The van der Waals surface area contributed by atoms with Crippen molar-refractivity contribution in [3.63, 3.8) is 0 Å². The van der Waals surface area contributed by atoms with E-state index >= 15 is 0 Å². The van der Waals surface area contributed by atoms with Crippen LogP contribution in [0.1, 0.15) is 64.4 Å². The number of nitrogens with zero attached hydrogens (tertiary/aromatic N) is 2. The van der Waals surface area contributed by atoms with Gasteiger partial charge in [-0.1, -0.05) is 26.0 Å². The number of sulfonamides is 1. The predicted octanol–water partition coefficient (Wildman–Crippen LogP) is 3.15. The van der Waals surface area contributed by atoms with E-state index in [2.05, 4.69) is 13.8 Å². The third kappa shape index (κ3) is 5.66. The maximum atomic E-state index is 12.9. The molecule has 0 aromatic heterocycles. The number of likely N-dealkylation sites (tertiary alicyclic amines) is 1. The minimum Gasteiger partial charge on any atom is -0.455 e. The zero-order valence-electron chi connectivity index (χ0n) is 18.7. The molecule has 1 amide bonds. The second-order valence-electron chi connectivity index (χ2n) is 8.94. The quantitative estimate of drug-likeness (QED) is 0.622. The highest BCUT2D eigenvalue weighted by Gasteiger charge is 2.33. The summed E-state index contributed by atoms with van der Waals surface area (Å²) in [6.45, 7) is 7.17. The van der Waals surface area contributed by atoms with E-state index in [0.29, 0.717) is 25.3 Å². The first-order chi connectivity index (χ1) is 14.7. The number of hydrogen-bond acceptors (Lipinski definition) is 5. The summed E-state index contributed by atoms with van der Waals surface area (Å²) in [4.78, 5) is 26.9. The van der Waals surface area contributed by atoms with Gasteiger partial charge in [0.25, 0.3) is 5.91 Å². The fourth-order valence-corrected chi connectivity index (χ4v) is 5.78. The molecule has 1 aromatic carbocycles. The molecule has 0 aliphatic carbocycles. The highest BCUT2D eigenvalue weighted by atomic mass is 32.2. The van der Waals surface area contributed by atoms with E-state index in [1.165, 1.54) is 4.31 Å². The lowest BCUT2D eigenvalue weighted by Gasteiger charge is -2.33. The van der Waals surface area contributed by atoms with Crippen molar-refractivity contribution < 1.29 is 22.7 Å². The number of esters is 1. The van der Waals surface area contributed by atoms with Crippen LogP contribution in [0.5, 0.6) is 0 Å². The van der Waals surface area contributed by atoms with Gasteiger partial charge < -0.3 is 9.64 Å². The molecule has 2 fully saturated rings. The number of rotatable bonds is 6. The summed E-state index contributed by atoms with van der Waals surface area (Å²) in [6.07, 6.45) is 3.88. The van der Waals surface area contributed by atoms with Crippen LogP contribution >= 0.6 is 0 Å². The van der Waals surface area contributed by atoms with Crippen molar-refractivity contribution in [3.8, 4) is 0 Å². The first kappa shape index (κ1) is 23.7. The van der Waals surface area contributed by atoms with E-state index in [4.69, 9.17) is 4.74 Å². The molecule has 2 saturated heterocycles. The average Bonchev–Trinajstić information content (AvgIpc) is 2.77. The molecule has 8 heteroatoms. The molecule has 2 aliphatic rings. The fourth-order valence-electron chi connectivity index (χ4n) is 4.31. The van der Waals surface area contributed by atoms with Crippen molar-refractivity contribution >= 4 is 21.9 Å². The fraction of sp³-hybridized carbons (Fsp3) is 0.652. The van der Waals surface area contributed by atoms with Gasteiger partial charge in [0.05, 0.1) is 10.8 Å². The molecular weight excluding hydrogens is 416 g/mol. The molecule has 172 valence electrons. The van der Waals surface area contributed by atoms with Crippen molar-refractivity contribution in [2.24, 2.45) is 5.92 Å². The van der Waals surface area contributed by atoms with Crippen molar-refractivity contribution in [2.75, 3.05) is 26.2 Å². The monoisotopic (exact) mass is 450 g/mol. The molecule has 7 nitrogen and oxygen atoms in total. The van der Waals surface area contributed by atoms with Gasteiger partial charge in [-0.25, -0.2) is 8.42 Å². The molecule has 1 unspecified atom stereocenters. The first-order valence-corrected chi connectivity index (χ1v) is 12.7. The SMILES string of the molecule is CC(C)c1ccc(S(=O)(=O)N2CCC(C(=O)OCC(=O)N3CCCCC3C)CC2)cc1. The average molecular weight is 451 g/mol. The zero-order valence-corrected chi connectivity index (χ0v) is 19.6. The van der Waals surface area contributed by atoms with Gasteiger partial charge in [0, 0.05) is 25.7 Å². The highest BCUT2D eigenvalue weighted by molar-refractivity contribution is 7.89. The smallest absolute Gasteiger partial charge is 0.309 e. The summed E-state index contributed by atoms with van der Waals surface area (Å²) in [5.74, 6) is -0.591. The maximum absolute atomic E-state index is 12.9. The number of carbonyl (C=O) groups is 2. The van der Waals surface area contributed by atoms with Crippen LogP contribution < -0.4 is 0 Å². The Hall–Kier alpha value is -1.93. The van der Waals surface area contributed by atoms with Crippen LogP contribution in [0.4, 0.5) is 0 Å². The summed E-state index contributed by atoms with van der Waals surface area (Å²) in [6, 6.07) is 7.18. The van der Waals surface area contributed by atoms with Crippen LogP contribution in [0.15, 0.2) is 29.2 Å². The van der Waals surface area contributed by atoms with Crippen molar-refractivity contribution in [1.82, 2.24) is 9.21 Å². The second-order valence-corrected chi connectivity index (χ2v) is 10.9. The van der Waals surface area contributed by atoms with E-state index in [1.807, 2.05) is 19.1 Å². The molecule has 31 heavy (non-hydrogen) atoms. The first-order valence-electron chi connectivity index (χ1n) is 11.3. The molecule has 0 saturated carbocycles. The molecule has 2 aliphatic heterocycles. The van der Waals surface area contributed by atoms with Gasteiger partial charge >= 0.3 is 5.97 Å². The van der Waals surface area contributed by atoms with Crippen LogP contribution in [0.25, 0.3) is 0 Å². The van der Waals surface area contributed by atoms with Gasteiger partial charge in [-0.3, -0.25) is 9.59 Å². The number of hydrogen-bond donors (Lipinski definition) is 0. The number of carbonyl (C=O) groups excluding carboxylic acids is 2. The minimum atomic E-state index is -3.58. The Kier molecular flexibility index (Phi) is 7.75. The lowest BCUT2D eigenvalue weighted by molar-refractivity contribution is -0.157. The van der Waals surface area contributed by atoms with Gasteiger partial charge in [0.1, 0.15) is 0 Å². The van der Waals surface area contributed by atoms with Crippen molar-refractivity contribution in [2.45, 2.75) is 69.7 Å². The molecule has 1 aromatic rings. The van der Waals surface area contributed by atoms with E-state index in [1.54, 1.807) is 17.0 Å². The molecule has 1 atom stereocenters. The summed E-state index contributed by atoms with van der Waals surface area (Å²) in [7, 11) is -3.58. The Morgan fingerprint density at radius 2 is 1.68 bits per heavy atom. The standard InChI is InChI=1S/C23H34N2O5S/c1-17(2)19-7-9-21(10-8-19)31(28,29)24-14-11-20(12-15-24)23(27)30-16-22(26)25-13-5-4-6-18(25)3/h7-10,17-18,20H,4-6,11-16H2,1-3H3. The number of benzene rings is 1. The number of ether oxygens (including phenoxy) is 1. The lowest BCUT2D eigenvalue weighted by atomic mass is 9.98.